The van der Waals surface area contributed by atoms with Gasteiger partial charge >= 0.3 is 0 Å². The highest BCUT2D eigenvalue weighted by atomic mass is 19.1. The Hall–Kier alpha value is -0.850. The highest BCUT2D eigenvalue weighted by Gasteiger charge is 1.83. The van der Waals surface area contributed by atoms with E-state index in [-0.39, 0.29) is 5.82 Å². The first-order valence-electron chi connectivity index (χ1n) is 3.51. The summed E-state index contributed by atoms with van der Waals surface area (Å²) in [6.45, 7) is 5.93. The minimum Gasteiger partial charge on any atom is -0.207 e. The van der Waals surface area contributed by atoms with E-state index in [1.165, 1.54) is 12.1 Å². The van der Waals surface area contributed by atoms with Crippen LogP contribution in [-0.4, -0.2) is 0 Å². The van der Waals surface area contributed by atoms with Gasteiger partial charge in [-0.3, -0.25) is 0 Å². The monoisotopic (exact) mass is 140 g/mol. The molecule has 0 saturated heterocycles. The second kappa shape index (κ2) is 4.98. The van der Waals surface area contributed by atoms with Crippen molar-refractivity contribution >= 4 is 0 Å². The van der Waals surface area contributed by atoms with Crippen LogP contribution in [0.2, 0.25) is 0 Å². The van der Waals surface area contributed by atoms with Crippen molar-refractivity contribution in [3.63, 3.8) is 0 Å². The number of rotatable bonds is 0. The average molecular weight is 140 g/mol. The van der Waals surface area contributed by atoms with E-state index in [1.807, 2.05) is 20.8 Å². The third-order valence-electron chi connectivity index (χ3n) is 1.01. The molecule has 0 aromatic heterocycles. The van der Waals surface area contributed by atoms with Crippen LogP contribution in [0.15, 0.2) is 24.3 Å². The molecule has 56 valence electrons. The van der Waals surface area contributed by atoms with Gasteiger partial charge in [0, 0.05) is 0 Å². The third kappa shape index (κ3) is 3.23. The van der Waals surface area contributed by atoms with Crippen LogP contribution >= 0.6 is 0 Å². The summed E-state index contributed by atoms with van der Waals surface area (Å²) in [7, 11) is 0. The number of aryl methyl sites for hydroxylation is 1. The largest absolute Gasteiger partial charge is 0.207 e. The van der Waals surface area contributed by atoms with Crippen molar-refractivity contribution < 1.29 is 4.39 Å². The molecule has 0 spiro atoms. The molecule has 10 heavy (non-hydrogen) atoms. The molecule has 0 nitrogen and oxygen atoms in total. The molecule has 0 bridgehead atoms. The van der Waals surface area contributed by atoms with Crippen molar-refractivity contribution in [2.75, 3.05) is 0 Å². The Morgan fingerprint density at radius 2 is 1.40 bits per heavy atom. The summed E-state index contributed by atoms with van der Waals surface area (Å²) >= 11 is 0. The van der Waals surface area contributed by atoms with E-state index in [2.05, 4.69) is 0 Å². The molecular weight excluding hydrogens is 127 g/mol. The van der Waals surface area contributed by atoms with Crippen molar-refractivity contribution in [1.29, 1.82) is 0 Å². The van der Waals surface area contributed by atoms with Crippen LogP contribution in [0.4, 0.5) is 4.39 Å². The van der Waals surface area contributed by atoms with Crippen LogP contribution in [0.25, 0.3) is 0 Å². The number of halogens is 1. The Morgan fingerprint density at radius 1 is 1.00 bits per heavy atom. The van der Waals surface area contributed by atoms with Crippen molar-refractivity contribution in [3.8, 4) is 0 Å². The first kappa shape index (κ1) is 9.15. The van der Waals surface area contributed by atoms with Gasteiger partial charge in [-0.05, 0) is 19.1 Å². The van der Waals surface area contributed by atoms with Crippen LogP contribution in [0, 0.1) is 12.7 Å². The summed E-state index contributed by atoms with van der Waals surface area (Å²) in [4.78, 5) is 0. The molecule has 0 saturated carbocycles. The first-order chi connectivity index (χ1) is 4.79. The Morgan fingerprint density at radius 3 is 1.70 bits per heavy atom. The molecule has 0 atom stereocenters. The average Bonchev–Trinajstić information content (AvgIpc) is 2.00. The van der Waals surface area contributed by atoms with Crippen LogP contribution in [-0.2, 0) is 0 Å². The van der Waals surface area contributed by atoms with E-state index < -0.39 is 0 Å². The Bertz CT molecular complexity index is 144. The van der Waals surface area contributed by atoms with Crippen molar-refractivity contribution in [2.24, 2.45) is 0 Å². The van der Waals surface area contributed by atoms with Gasteiger partial charge in [-0.1, -0.05) is 31.5 Å². The highest BCUT2D eigenvalue weighted by Crippen LogP contribution is 1.98. The molecule has 0 heterocycles. The maximum Gasteiger partial charge on any atom is 0.123 e. The summed E-state index contributed by atoms with van der Waals surface area (Å²) in [6, 6.07) is 6.40. The molecule has 0 amide bonds. The van der Waals surface area contributed by atoms with Crippen molar-refractivity contribution in [2.45, 2.75) is 20.8 Å². The van der Waals surface area contributed by atoms with E-state index in [1.54, 1.807) is 12.1 Å². The van der Waals surface area contributed by atoms with Gasteiger partial charge in [0.1, 0.15) is 5.82 Å². The van der Waals surface area contributed by atoms with Gasteiger partial charge < -0.3 is 0 Å². The molecule has 0 aliphatic heterocycles. The van der Waals surface area contributed by atoms with E-state index in [0.29, 0.717) is 0 Å². The lowest BCUT2D eigenvalue weighted by molar-refractivity contribution is 0.627. The Labute approximate surface area is 61.7 Å². The molecule has 0 fully saturated rings. The zero-order valence-electron chi connectivity index (χ0n) is 6.69. The molecular formula is C9H13F. The predicted octanol–water partition coefficient (Wildman–Crippen LogP) is 3.16. The summed E-state index contributed by atoms with van der Waals surface area (Å²) in [5.74, 6) is -0.171. The van der Waals surface area contributed by atoms with Gasteiger partial charge in [0.25, 0.3) is 0 Å². The molecule has 1 rings (SSSR count). The minimum atomic E-state index is -0.171. The van der Waals surface area contributed by atoms with E-state index >= 15 is 0 Å². The molecule has 0 aliphatic rings. The summed E-state index contributed by atoms with van der Waals surface area (Å²) in [5.41, 5.74) is 1.09. The maximum absolute atomic E-state index is 12.1. The van der Waals surface area contributed by atoms with Gasteiger partial charge in [0.2, 0.25) is 0 Å². The Balaban J connectivity index is 0.000000371. The number of benzene rings is 1. The summed E-state index contributed by atoms with van der Waals surface area (Å²) in [5, 5.41) is 0. The van der Waals surface area contributed by atoms with Crippen LogP contribution in [0.3, 0.4) is 0 Å². The number of hydrogen-bond donors (Lipinski definition) is 0. The SMILES string of the molecule is CC.Cc1ccc(F)cc1. The fourth-order valence-electron chi connectivity index (χ4n) is 0.533. The molecule has 1 aromatic rings. The topological polar surface area (TPSA) is 0 Å². The smallest absolute Gasteiger partial charge is 0.123 e. The van der Waals surface area contributed by atoms with Gasteiger partial charge in [0.15, 0.2) is 0 Å². The van der Waals surface area contributed by atoms with Gasteiger partial charge in [-0.25, -0.2) is 4.39 Å². The van der Waals surface area contributed by atoms with Gasteiger partial charge in [-0.15, -0.1) is 0 Å². The molecule has 0 unspecified atom stereocenters. The fourth-order valence-corrected chi connectivity index (χ4v) is 0.533. The lowest BCUT2D eigenvalue weighted by Gasteiger charge is -1.87. The standard InChI is InChI=1S/C7H7F.C2H6/c1-6-2-4-7(8)5-3-6;1-2/h2-5H,1H3;1-2H3. The number of hydrogen-bond acceptors (Lipinski definition) is 0. The lowest BCUT2D eigenvalue weighted by Crippen LogP contribution is -1.71. The highest BCUT2D eigenvalue weighted by molar-refractivity contribution is 5.13. The van der Waals surface area contributed by atoms with E-state index in [4.69, 9.17) is 0 Å². The van der Waals surface area contributed by atoms with Crippen molar-refractivity contribution in [1.82, 2.24) is 0 Å². The second-order valence-corrected chi connectivity index (χ2v) is 1.80. The zero-order chi connectivity index (χ0) is 7.98. The maximum atomic E-state index is 12.1. The predicted molar refractivity (Wildman–Crippen MR) is 42.5 cm³/mol. The molecule has 1 aromatic carbocycles. The molecule has 0 N–H and O–H groups in total. The van der Waals surface area contributed by atoms with Crippen LogP contribution in [0.1, 0.15) is 19.4 Å². The third-order valence-corrected chi connectivity index (χ3v) is 1.01. The fraction of sp³-hybridized carbons (Fsp3) is 0.333. The van der Waals surface area contributed by atoms with Crippen molar-refractivity contribution in [3.05, 3.63) is 35.6 Å². The molecule has 0 aliphatic carbocycles. The van der Waals surface area contributed by atoms with Gasteiger partial charge in [-0.2, -0.15) is 0 Å². The minimum absolute atomic E-state index is 0.171. The molecule has 0 radical (unpaired) electrons. The normalized spacial score (nSPS) is 8.00. The second-order valence-electron chi connectivity index (χ2n) is 1.80. The van der Waals surface area contributed by atoms with Crippen LogP contribution < -0.4 is 0 Å². The first-order valence-corrected chi connectivity index (χ1v) is 3.51. The quantitative estimate of drug-likeness (QED) is 0.519. The summed E-state index contributed by atoms with van der Waals surface area (Å²) in [6.07, 6.45) is 0. The summed E-state index contributed by atoms with van der Waals surface area (Å²) < 4.78 is 12.1. The Kier molecular flexibility index (Phi) is 4.55. The van der Waals surface area contributed by atoms with E-state index in [9.17, 15) is 4.39 Å². The van der Waals surface area contributed by atoms with Gasteiger partial charge in [0.05, 0.1) is 0 Å². The zero-order valence-corrected chi connectivity index (χ0v) is 6.69. The molecule has 1 heteroatoms. The van der Waals surface area contributed by atoms with E-state index in [0.717, 1.165) is 5.56 Å². The van der Waals surface area contributed by atoms with Crippen LogP contribution in [0.5, 0.6) is 0 Å². The lowest BCUT2D eigenvalue weighted by atomic mass is 10.2.